The Kier molecular flexibility index (Phi) is 5.03. The lowest BCUT2D eigenvalue weighted by Gasteiger charge is -2.06. The minimum atomic E-state index is -0.139. The van der Waals surface area contributed by atoms with Crippen LogP contribution in [0.5, 0.6) is 0 Å². The van der Waals surface area contributed by atoms with Crippen LogP contribution in [0.4, 0.5) is 0 Å². The van der Waals surface area contributed by atoms with E-state index in [1.165, 1.54) is 0 Å². The third-order valence-electron chi connectivity index (χ3n) is 4.26. The van der Waals surface area contributed by atoms with Gasteiger partial charge in [-0.25, -0.2) is 0 Å². The van der Waals surface area contributed by atoms with Crippen molar-refractivity contribution in [2.45, 2.75) is 26.3 Å². The van der Waals surface area contributed by atoms with E-state index in [0.29, 0.717) is 34.6 Å². The van der Waals surface area contributed by atoms with E-state index in [4.69, 9.17) is 16.1 Å². The van der Waals surface area contributed by atoms with Crippen LogP contribution in [0, 0.1) is 0 Å². The van der Waals surface area contributed by atoms with Gasteiger partial charge in [0.05, 0.1) is 13.0 Å². The average Bonchev–Trinajstić information content (AvgIpc) is 3.34. The number of fused-ring (bicyclic) bond motifs is 1. The molecule has 3 heterocycles. The van der Waals surface area contributed by atoms with Crippen LogP contribution >= 0.6 is 11.6 Å². The second-order valence-corrected chi connectivity index (χ2v) is 6.58. The molecule has 8 nitrogen and oxygen atoms in total. The molecule has 1 N–H and O–H groups in total. The fourth-order valence-corrected chi connectivity index (χ4v) is 2.97. The maximum atomic E-state index is 12.2. The molecule has 0 radical (unpaired) electrons. The highest BCUT2D eigenvalue weighted by Crippen LogP contribution is 2.19. The lowest BCUT2D eigenvalue weighted by atomic mass is 10.1. The molecule has 0 unspecified atom stereocenters. The van der Waals surface area contributed by atoms with E-state index in [0.717, 1.165) is 11.1 Å². The first-order valence-corrected chi connectivity index (χ1v) is 9.18. The van der Waals surface area contributed by atoms with Crippen molar-refractivity contribution in [3.63, 3.8) is 0 Å². The lowest BCUT2D eigenvalue weighted by molar-refractivity contribution is -0.120. The molecule has 4 rings (SSSR count). The van der Waals surface area contributed by atoms with Crippen molar-refractivity contribution in [1.82, 2.24) is 30.1 Å². The maximum Gasteiger partial charge on any atom is 0.258 e. The summed E-state index contributed by atoms with van der Waals surface area (Å²) in [5.74, 6) is 1.57. The highest BCUT2D eigenvalue weighted by molar-refractivity contribution is 6.31. The van der Waals surface area contributed by atoms with Gasteiger partial charge < -0.3 is 9.84 Å². The Morgan fingerprint density at radius 3 is 2.89 bits per heavy atom. The standard InChI is InChI=1S/C19H17ClN6O2/c1-2-15-22-19(28-25-15)13-7-8-26-16(9-13)23-24-17(26)11-21-18(27)10-12-5-3-4-6-14(12)20/h3-9H,2,10-11H2,1H3,(H,21,27). The second kappa shape index (κ2) is 7.77. The molecule has 0 saturated carbocycles. The number of nitrogens with one attached hydrogen (secondary N) is 1. The molecule has 0 aliphatic rings. The molecule has 28 heavy (non-hydrogen) atoms. The summed E-state index contributed by atoms with van der Waals surface area (Å²) in [5, 5.41) is 15.6. The zero-order valence-electron chi connectivity index (χ0n) is 15.1. The van der Waals surface area contributed by atoms with Crippen LogP contribution in [0.1, 0.15) is 24.1 Å². The summed E-state index contributed by atoms with van der Waals surface area (Å²) in [6.07, 6.45) is 2.72. The predicted molar refractivity (Wildman–Crippen MR) is 103 cm³/mol. The number of hydrogen-bond donors (Lipinski definition) is 1. The minimum Gasteiger partial charge on any atom is -0.348 e. The van der Waals surface area contributed by atoms with Crippen LogP contribution in [0.3, 0.4) is 0 Å². The predicted octanol–water partition coefficient (Wildman–Crippen LogP) is 2.85. The van der Waals surface area contributed by atoms with Crippen LogP contribution in [0.2, 0.25) is 5.02 Å². The number of aryl methyl sites for hydroxylation is 1. The van der Waals surface area contributed by atoms with Crippen LogP contribution in [-0.2, 0) is 24.2 Å². The number of pyridine rings is 1. The van der Waals surface area contributed by atoms with E-state index >= 15 is 0 Å². The van der Waals surface area contributed by atoms with E-state index in [-0.39, 0.29) is 18.9 Å². The van der Waals surface area contributed by atoms with Crippen LogP contribution in [-0.4, -0.2) is 30.6 Å². The number of aromatic nitrogens is 5. The van der Waals surface area contributed by atoms with Crippen molar-refractivity contribution in [1.29, 1.82) is 0 Å². The zero-order valence-corrected chi connectivity index (χ0v) is 15.8. The Morgan fingerprint density at radius 2 is 2.11 bits per heavy atom. The molecule has 0 spiro atoms. The van der Waals surface area contributed by atoms with Gasteiger partial charge in [-0.3, -0.25) is 9.20 Å². The molecule has 0 bridgehead atoms. The number of rotatable bonds is 6. The van der Waals surface area contributed by atoms with Gasteiger partial charge in [-0.05, 0) is 23.8 Å². The van der Waals surface area contributed by atoms with Crippen molar-refractivity contribution < 1.29 is 9.32 Å². The van der Waals surface area contributed by atoms with Crippen molar-refractivity contribution in [3.8, 4) is 11.5 Å². The first kappa shape index (κ1) is 18.1. The third-order valence-corrected chi connectivity index (χ3v) is 4.63. The molecule has 0 atom stereocenters. The number of benzene rings is 1. The van der Waals surface area contributed by atoms with E-state index in [1.54, 1.807) is 10.5 Å². The molecule has 0 saturated heterocycles. The summed E-state index contributed by atoms with van der Waals surface area (Å²) in [6.45, 7) is 2.22. The summed E-state index contributed by atoms with van der Waals surface area (Å²) in [5.41, 5.74) is 2.17. The minimum absolute atomic E-state index is 0.139. The van der Waals surface area contributed by atoms with Gasteiger partial charge in [0.15, 0.2) is 17.3 Å². The summed E-state index contributed by atoms with van der Waals surface area (Å²) < 4.78 is 7.06. The van der Waals surface area contributed by atoms with E-state index in [1.807, 2.05) is 43.5 Å². The van der Waals surface area contributed by atoms with Crippen LogP contribution in [0.15, 0.2) is 47.1 Å². The van der Waals surface area contributed by atoms with E-state index < -0.39 is 0 Å². The van der Waals surface area contributed by atoms with Gasteiger partial charge in [0, 0.05) is 23.2 Å². The zero-order chi connectivity index (χ0) is 19.5. The highest BCUT2D eigenvalue weighted by atomic mass is 35.5. The van der Waals surface area contributed by atoms with E-state index in [2.05, 4.69) is 25.7 Å². The Morgan fingerprint density at radius 1 is 1.25 bits per heavy atom. The molecule has 9 heteroatoms. The SMILES string of the molecule is CCc1noc(-c2ccn3c(CNC(=O)Cc4ccccc4Cl)nnc3c2)n1. The Labute approximate surface area is 165 Å². The fourth-order valence-electron chi connectivity index (χ4n) is 2.76. The number of halogens is 1. The molecule has 1 aromatic carbocycles. The molecule has 0 aliphatic heterocycles. The summed E-state index contributed by atoms with van der Waals surface area (Å²) in [4.78, 5) is 16.5. The summed E-state index contributed by atoms with van der Waals surface area (Å²) >= 11 is 6.10. The fraction of sp³-hybridized carbons (Fsp3) is 0.211. The van der Waals surface area contributed by atoms with Crippen molar-refractivity contribution in [2.75, 3.05) is 0 Å². The molecule has 0 aliphatic carbocycles. The molecule has 3 aromatic heterocycles. The number of hydrogen-bond acceptors (Lipinski definition) is 6. The monoisotopic (exact) mass is 396 g/mol. The first-order valence-electron chi connectivity index (χ1n) is 8.80. The third kappa shape index (κ3) is 3.72. The van der Waals surface area contributed by atoms with Crippen LogP contribution < -0.4 is 5.32 Å². The van der Waals surface area contributed by atoms with Gasteiger partial charge in [-0.15, -0.1) is 10.2 Å². The van der Waals surface area contributed by atoms with Gasteiger partial charge in [-0.2, -0.15) is 4.98 Å². The smallest absolute Gasteiger partial charge is 0.258 e. The summed E-state index contributed by atoms with van der Waals surface area (Å²) in [7, 11) is 0. The number of amides is 1. The number of carbonyl (C=O) groups is 1. The van der Waals surface area contributed by atoms with E-state index in [9.17, 15) is 4.79 Å². The quantitative estimate of drug-likeness (QED) is 0.538. The van der Waals surface area contributed by atoms with Gasteiger partial charge in [0.2, 0.25) is 5.91 Å². The van der Waals surface area contributed by atoms with Gasteiger partial charge >= 0.3 is 0 Å². The molecular weight excluding hydrogens is 380 g/mol. The van der Waals surface area contributed by atoms with Gasteiger partial charge in [0.1, 0.15) is 0 Å². The van der Waals surface area contributed by atoms with Gasteiger partial charge in [-0.1, -0.05) is 41.9 Å². The largest absolute Gasteiger partial charge is 0.348 e. The van der Waals surface area contributed by atoms with Crippen LogP contribution in [0.25, 0.3) is 17.1 Å². The van der Waals surface area contributed by atoms with Gasteiger partial charge in [0.25, 0.3) is 5.89 Å². The first-order chi connectivity index (χ1) is 13.6. The molecule has 1 amide bonds. The van der Waals surface area contributed by atoms with Crippen molar-refractivity contribution >= 4 is 23.2 Å². The Balaban J connectivity index is 1.46. The Bertz CT molecular complexity index is 1140. The molecule has 142 valence electrons. The lowest BCUT2D eigenvalue weighted by Crippen LogP contribution is -2.25. The normalized spacial score (nSPS) is 11.1. The summed E-state index contributed by atoms with van der Waals surface area (Å²) in [6, 6.07) is 10.9. The van der Waals surface area contributed by atoms with Crippen molar-refractivity contribution in [3.05, 3.63) is 64.8 Å². The highest BCUT2D eigenvalue weighted by Gasteiger charge is 2.13. The molecule has 4 aromatic rings. The number of nitrogens with zero attached hydrogens (tertiary/aromatic N) is 5. The number of carbonyl (C=O) groups excluding carboxylic acids is 1. The topological polar surface area (TPSA) is 98.2 Å². The average molecular weight is 397 g/mol. The second-order valence-electron chi connectivity index (χ2n) is 6.17. The Hall–Kier alpha value is -3.26. The maximum absolute atomic E-state index is 12.2. The molecule has 0 fully saturated rings. The molecular formula is C19H17ClN6O2. The van der Waals surface area contributed by atoms with Crippen molar-refractivity contribution in [2.24, 2.45) is 0 Å².